The molecular formula is C14H27N5O. The van der Waals surface area contributed by atoms with Crippen LogP contribution in [0.25, 0.3) is 0 Å². The third-order valence-corrected chi connectivity index (χ3v) is 4.18. The molecule has 114 valence electrons. The van der Waals surface area contributed by atoms with Gasteiger partial charge in [0.1, 0.15) is 0 Å². The molecule has 1 aliphatic rings. The molecule has 2 heterocycles. The minimum absolute atomic E-state index is 0.0757. The highest BCUT2D eigenvalue weighted by atomic mass is 16.5. The number of aromatic nitrogens is 2. The molecule has 2 unspecified atom stereocenters. The molecule has 0 aromatic carbocycles. The van der Waals surface area contributed by atoms with Crippen molar-refractivity contribution >= 4 is 0 Å². The average Bonchev–Trinajstić information content (AvgIpc) is 2.81. The fourth-order valence-corrected chi connectivity index (χ4v) is 2.43. The zero-order valence-corrected chi connectivity index (χ0v) is 13.0. The molecule has 0 saturated carbocycles. The maximum absolute atomic E-state index is 6.04. The number of hydrogen-bond donors (Lipinski definition) is 1. The second-order valence-electron chi connectivity index (χ2n) is 6.32. The molecule has 0 radical (unpaired) electrons. The van der Waals surface area contributed by atoms with Crippen LogP contribution in [0.1, 0.15) is 25.6 Å². The van der Waals surface area contributed by atoms with Crippen molar-refractivity contribution in [2.75, 3.05) is 33.7 Å². The molecule has 0 aliphatic carbocycles. The highest BCUT2D eigenvalue weighted by Crippen LogP contribution is 2.12. The molecule has 2 rings (SSSR count). The van der Waals surface area contributed by atoms with E-state index in [1.54, 1.807) is 0 Å². The van der Waals surface area contributed by atoms with Gasteiger partial charge in [-0.05, 0) is 20.0 Å². The summed E-state index contributed by atoms with van der Waals surface area (Å²) >= 11 is 0. The molecule has 1 aliphatic heterocycles. The van der Waals surface area contributed by atoms with Crippen molar-refractivity contribution in [1.29, 1.82) is 0 Å². The van der Waals surface area contributed by atoms with Crippen molar-refractivity contribution in [3.63, 3.8) is 0 Å². The van der Waals surface area contributed by atoms with Gasteiger partial charge in [-0.25, -0.2) is 0 Å². The topological polar surface area (TPSA) is 71.4 Å². The Morgan fingerprint density at radius 2 is 2.10 bits per heavy atom. The molecule has 0 spiro atoms. The minimum Gasteiger partial charge on any atom is -0.339 e. The van der Waals surface area contributed by atoms with E-state index in [-0.39, 0.29) is 6.04 Å². The molecular weight excluding hydrogens is 254 g/mol. The first kappa shape index (κ1) is 15.4. The lowest BCUT2D eigenvalue weighted by molar-refractivity contribution is 0.113. The normalized spacial score (nSPS) is 23.4. The Balaban J connectivity index is 1.92. The molecule has 6 heteroatoms. The highest BCUT2D eigenvalue weighted by Gasteiger charge is 2.24. The lowest BCUT2D eigenvalue weighted by Crippen LogP contribution is -2.50. The zero-order valence-electron chi connectivity index (χ0n) is 13.0. The van der Waals surface area contributed by atoms with Gasteiger partial charge in [0, 0.05) is 44.6 Å². The van der Waals surface area contributed by atoms with Crippen molar-refractivity contribution in [3.8, 4) is 0 Å². The van der Waals surface area contributed by atoms with Crippen LogP contribution in [0.3, 0.4) is 0 Å². The monoisotopic (exact) mass is 281 g/mol. The minimum atomic E-state index is 0.0757. The lowest BCUT2D eigenvalue weighted by Gasteiger charge is -2.37. The fraction of sp³-hybridized carbons (Fsp3) is 0.857. The second kappa shape index (κ2) is 6.65. The highest BCUT2D eigenvalue weighted by molar-refractivity contribution is 4.94. The molecule has 1 aromatic heterocycles. The van der Waals surface area contributed by atoms with E-state index in [0.29, 0.717) is 24.3 Å². The summed E-state index contributed by atoms with van der Waals surface area (Å²) in [6, 6.07) is 0.532. The summed E-state index contributed by atoms with van der Waals surface area (Å²) < 4.78 is 5.32. The van der Waals surface area contributed by atoms with Crippen LogP contribution in [-0.2, 0) is 12.8 Å². The van der Waals surface area contributed by atoms with Crippen LogP contribution >= 0.6 is 0 Å². The van der Waals surface area contributed by atoms with Crippen molar-refractivity contribution in [2.45, 2.75) is 38.8 Å². The van der Waals surface area contributed by atoms with Crippen LogP contribution in [0.5, 0.6) is 0 Å². The quantitative estimate of drug-likeness (QED) is 0.841. The van der Waals surface area contributed by atoms with Crippen LogP contribution in [0, 0.1) is 5.92 Å². The smallest absolute Gasteiger partial charge is 0.228 e. The maximum Gasteiger partial charge on any atom is 0.228 e. The van der Waals surface area contributed by atoms with E-state index >= 15 is 0 Å². The van der Waals surface area contributed by atoms with Crippen molar-refractivity contribution in [1.82, 2.24) is 19.9 Å². The molecule has 20 heavy (non-hydrogen) atoms. The molecule has 2 atom stereocenters. The number of likely N-dealkylation sites (N-methyl/N-ethyl adjacent to an activating group) is 2. The molecule has 1 fully saturated rings. The Hall–Kier alpha value is -0.980. The van der Waals surface area contributed by atoms with E-state index in [9.17, 15) is 0 Å². The largest absolute Gasteiger partial charge is 0.339 e. The number of nitrogens with two attached hydrogens (primary N) is 1. The molecule has 1 saturated heterocycles. The summed E-state index contributed by atoms with van der Waals surface area (Å²) in [7, 11) is 4.32. The van der Waals surface area contributed by atoms with E-state index in [4.69, 9.17) is 10.3 Å². The SMILES string of the molecule is CC(C)C(N)Cc1nc(CC2CN(C)CCN2C)no1. The zero-order chi connectivity index (χ0) is 14.7. The van der Waals surface area contributed by atoms with Gasteiger partial charge in [0.2, 0.25) is 5.89 Å². The maximum atomic E-state index is 6.04. The van der Waals surface area contributed by atoms with Crippen LogP contribution in [0.15, 0.2) is 4.52 Å². The summed E-state index contributed by atoms with van der Waals surface area (Å²) in [6.07, 6.45) is 1.49. The summed E-state index contributed by atoms with van der Waals surface area (Å²) in [5.74, 6) is 1.87. The predicted octanol–water partition coefficient (Wildman–Crippen LogP) is 0.384. The summed E-state index contributed by atoms with van der Waals surface area (Å²) in [6.45, 7) is 7.47. The van der Waals surface area contributed by atoms with E-state index in [0.717, 1.165) is 31.9 Å². The summed E-state index contributed by atoms with van der Waals surface area (Å²) in [5.41, 5.74) is 6.04. The van der Waals surface area contributed by atoms with Gasteiger partial charge in [0.25, 0.3) is 0 Å². The van der Waals surface area contributed by atoms with Crippen LogP contribution in [0.2, 0.25) is 0 Å². The Kier molecular flexibility index (Phi) is 5.12. The first-order valence-corrected chi connectivity index (χ1v) is 7.41. The van der Waals surface area contributed by atoms with E-state index in [2.05, 4.69) is 47.9 Å². The van der Waals surface area contributed by atoms with Gasteiger partial charge in [-0.3, -0.25) is 0 Å². The van der Waals surface area contributed by atoms with Crippen molar-refractivity contribution < 1.29 is 4.52 Å². The van der Waals surface area contributed by atoms with Gasteiger partial charge >= 0.3 is 0 Å². The van der Waals surface area contributed by atoms with Crippen LogP contribution in [-0.4, -0.2) is 65.8 Å². The predicted molar refractivity (Wildman–Crippen MR) is 78.4 cm³/mol. The molecule has 6 nitrogen and oxygen atoms in total. The Labute approximate surface area is 121 Å². The second-order valence-corrected chi connectivity index (χ2v) is 6.32. The van der Waals surface area contributed by atoms with Crippen molar-refractivity contribution in [3.05, 3.63) is 11.7 Å². The third kappa shape index (κ3) is 4.01. The van der Waals surface area contributed by atoms with Gasteiger partial charge in [-0.2, -0.15) is 4.98 Å². The number of nitrogens with zero attached hydrogens (tertiary/aromatic N) is 4. The number of piperazine rings is 1. The number of rotatable bonds is 5. The molecule has 2 N–H and O–H groups in total. The van der Waals surface area contributed by atoms with Gasteiger partial charge in [-0.15, -0.1) is 0 Å². The standard InChI is InChI=1S/C14H27N5O/c1-10(2)12(15)8-14-16-13(17-20-14)7-11-9-18(3)5-6-19(11)4/h10-12H,5-9,15H2,1-4H3. The van der Waals surface area contributed by atoms with E-state index < -0.39 is 0 Å². The first-order valence-electron chi connectivity index (χ1n) is 7.41. The van der Waals surface area contributed by atoms with Crippen LogP contribution < -0.4 is 5.73 Å². The third-order valence-electron chi connectivity index (χ3n) is 4.18. The average molecular weight is 281 g/mol. The van der Waals surface area contributed by atoms with E-state index in [1.807, 2.05) is 0 Å². The Bertz CT molecular complexity index is 419. The van der Waals surface area contributed by atoms with E-state index in [1.165, 1.54) is 0 Å². The molecule has 0 bridgehead atoms. The fourth-order valence-electron chi connectivity index (χ4n) is 2.43. The van der Waals surface area contributed by atoms with Gasteiger partial charge in [0.05, 0.1) is 0 Å². The van der Waals surface area contributed by atoms with Crippen molar-refractivity contribution in [2.24, 2.45) is 11.7 Å². The number of hydrogen-bond acceptors (Lipinski definition) is 6. The Morgan fingerprint density at radius 1 is 1.35 bits per heavy atom. The van der Waals surface area contributed by atoms with Gasteiger partial charge in [-0.1, -0.05) is 19.0 Å². The summed E-state index contributed by atoms with van der Waals surface area (Å²) in [4.78, 5) is 9.20. The van der Waals surface area contributed by atoms with Gasteiger partial charge < -0.3 is 20.1 Å². The summed E-state index contributed by atoms with van der Waals surface area (Å²) in [5, 5.41) is 4.10. The molecule has 0 amide bonds. The lowest BCUT2D eigenvalue weighted by atomic mass is 10.0. The molecule has 1 aromatic rings. The van der Waals surface area contributed by atoms with Crippen LogP contribution in [0.4, 0.5) is 0 Å². The first-order chi connectivity index (χ1) is 9.45. The van der Waals surface area contributed by atoms with Gasteiger partial charge in [0.15, 0.2) is 5.82 Å². The Morgan fingerprint density at radius 3 is 2.80 bits per heavy atom.